The number of halogens is 3. The second kappa shape index (κ2) is 4.40. The first-order chi connectivity index (χ1) is 6.23. The van der Waals surface area contributed by atoms with Gasteiger partial charge in [-0.1, -0.05) is 40.9 Å². The molecule has 0 aliphatic heterocycles. The van der Waals surface area contributed by atoms with Gasteiger partial charge in [0.05, 0.1) is 4.88 Å². The topological polar surface area (TPSA) is 60.7 Å². The molecular weight excluding hydrogens is 289 g/mol. The third-order valence-corrected chi connectivity index (χ3v) is 5.05. The molecule has 0 fully saturated rings. The van der Waals surface area contributed by atoms with Crippen LogP contribution in [0.5, 0.6) is 0 Å². The van der Waals surface area contributed by atoms with Crippen LogP contribution in [0.4, 0.5) is 0 Å². The molecule has 0 aliphatic rings. The van der Waals surface area contributed by atoms with Crippen LogP contribution in [0.1, 0.15) is 10.5 Å². The Morgan fingerprint density at radius 1 is 1.29 bits per heavy atom. The zero-order valence-corrected chi connectivity index (χ0v) is 10.6. The fraction of sp³-hybridized carbons (Fsp3) is 0.333. The molecule has 80 valence electrons. The van der Waals surface area contributed by atoms with Crippen molar-refractivity contribution in [1.82, 2.24) is 0 Å². The summed E-state index contributed by atoms with van der Waals surface area (Å²) in [5, 5.41) is 1.69. The third kappa shape index (κ3) is 3.19. The lowest BCUT2D eigenvalue weighted by Gasteiger charge is -2.22. The Kier molecular flexibility index (Phi) is 4.07. The van der Waals surface area contributed by atoms with Crippen LogP contribution in [0.2, 0.25) is 0 Å². The van der Waals surface area contributed by atoms with E-state index in [1.165, 1.54) is 11.3 Å². The Morgan fingerprint density at radius 3 is 2.14 bits per heavy atom. The first kappa shape index (κ1) is 12.9. The summed E-state index contributed by atoms with van der Waals surface area (Å²) in [4.78, 5) is 27.9. The van der Waals surface area contributed by atoms with Gasteiger partial charge in [-0.25, -0.2) is 0 Å². The van der Waals surface area contributed by atoms with Crippen molar-refractivity contribution in [3.05, 3.63) is 22.4 Å². The average Bonchev–Trinajstić information content (AvgIpc) is 2.31. The molecule has 1 aromatic rings. The molecule has 1 unspecified atom stereocenters. The maximum Gasteiger partial charge on any atom is 0.416 e. The molecule has 1 rings (SSSR count). The fourth-order valence-electron chi connectivity index (χ4n) is 0.975. The molecule has 3 nitrogen and oxygen atoms in total. The van der Waals surface area contributed by atoms with Crippen molar-refractivity contribution in [2.24, 2.45) is 0 Å². The van der Waals surface area contributed by atoms with E-state index in [2.05, 4.69) is 0 Å². The number of hydrogen-bond acceptors (Lipinski definition) is 4. The highest BCUT2D eigenvalue weighted by molar-refractivity contribution is 7.59. The van der Waals surface area contributed by atoms with Crippen LogP contribution in [0, 0.1) is 0 Å². The summed E-state index contributed by atoms with van der Waals surface area (Å²) >= 11 is 17.9. The van der Waals surface area contributed by atoms with Crippen LogP contribution in [-0.4, -0.2) is 18.5 Å². The minimum Gasteiger partial charge on any atom is -0.192 e. The summed E-state index contributed by atoms with van der Waals surface area (Å²) in [6, 6.07) is 3.23. The summed E-state index contributed by atoms with van der Waals surface area (Å²) in [5.74, 6) is 0. The molecule has 8 heteroatoms. The Bertz CT molecular complexity index is 278. The van der Waals surface area contributed by atoms with Crippen LogP contribution in [-0.2, 0) is 0 Å². The van der Waals surface area contributed by atoms with Crippen LogP contribution in [0.3, 0.4) is 0 Å². The van der Waals surface area contributed by atoms with E-state index in [-0.39, 0.29) is 0 Å². The van der Waals surface area contributed by atoms with Gasteiger partial charge >= 0.3 is 7.94 Å². The van der Waals surface area contributed by atoms with Crippen molar-refractivity contribution in [1.29, 1.82) is 0 Å². The lowest BCUT2D eigenvalue weighted by molar-refractivity contribution is 0.316. The number of rotatable bonds is 2. The SMILES string of the molecule is O[P+](O)(O)C(c1cccs1)C(Cl)(Cl)Cl. The van der Waals surface area contributed by atoms with Crippen molar-refractivity contribution >= 4 is 54.1 Å². The van der Waals surface area contributed by atoms with Gasteiger partial charge in [0.15, 0.2) is 0 Å². The first-order valence-corrected chi connectivity index (χ1v) is 7.13. The number of thiophene rings is 1. The molecule has 3 N–H and O–H groups in total. The lowest BCUT2D eigenvalue weighted by Crippen LogP contribution is -2.19. The van der Waals surface area contributed by atoms with Crippen molar-refractivity contribution in [3.8, 4) is 0 Å². The first-order valence-electron chi connectivity index (χ1n) is 3.40. The average molecular weight is 297 g/mol. The minimum absolute atomic E-state index is 0.422. The van der Waals surface area contributed by atoms with Crippen LogP contribution >= 0.6 is 54.1 Å². The van der Waals surface area contributed by atoms with Gasteiger partial charge in [-0.3, -0.25) is 0 Å². The van der Waals surface area contributed by atoms with E-state index in [1.807, 2.05) is 0 Å². The molecular formula is C6H7Cl3O3PS+. The molecule has 0 saturated heterocycles. The molecule has 0 radical (unpaired) electrons. The predicted molar refractivity (Wildman–Crippen MR) is 60.9 cm³/mol. The van der Waals surface area contributed by atoms with E-state index >= 15 is 0 Å². The molecule has 0 aromatic carbocycles. The van der Waals surface area contributed by atoms with Crippen molar-refractivity contribution in [2.45, 2.75) is 9.45 Å². The highest BCUT2D eigenvalue weighted by Crippen LogP contribution is 2.67. The highest BCUT2D eigenvalue weighted by Gasteiger charge is 2.56. The monoisotopic (exact) mass is 295 g/mol. The van der Waals surface area contributed by atoms with E-state index in [1.54, 1.807) is 17.5 Å². The summed E-state index contributed by atoms with van der Waals surface area (Å²) in [5.41, 5.74) is -1.29. The molecule has 14 heavy (non-hydrogen) atoms. The molecule has 0 spiro atoms. The van der Waals surface area contributed by atoms with Crippen molar-refractivity contribution in [2.75, 3.05) is 0 Å². The van der Waals surface area contributed by atoms with Gasteiger partial charge in [-0.15, -0.1) is 11.3 Å². The minimum atomic E-state index is -4.22. The summed E-state index contributed by atoms with van der Waals surface area (Å²) in [6.45, 7) is 0. The Labute approximate surface area is 100 Å². The highest BCUT2D eigenvalue weighted by atomic mass is 35.6. The molecule has 1 aromatic heterocycles. The maximum absolute atomic E-state index is 9.16. The molecule has 0 bridgehead atoms. The van der Waals surface area contributed by atoms with E-state index < -0.39 is 17.4 Å². The summed E-state index contributed by atoms with van der Waals surface area (Å²) < 4.78 is -1.95. The Hall–Kier alpha value is 0.880. The van der Waals surface area contributed by atoms with Gasteiger partial charge in [0.2, 0.25) is 9.45 Å². The van der Waals surface area contributed by atoms with E-state index in [0.717, 1.165) is 0 Å². The largest absolute Gasteiger partial charge is 0.416 e. The van der Waals surface area contributed by atoms with Gasteiger partial charge in [-0.2, -0.15) is 14.7 Å². The summed E-state index contributed by atoms with van der Waals surface area (Å²) in [6.07, 6.45) is 0. The third-order valence-electron chi connectivity index (χ3n) is 1.47. The van der Waals surface area contributed by atoms with Crippen molar-refractivity contribution < 1.29 is 14.7 Å². The number of alkyl halides is 3. The second-order valence-corrected chi connectivity index (χ2v) is 7.67. The van der Waals surface area contributed by atoms with Crippen LogP contribution < -0.4 is 0 Å². The lowest BCUT2D eigenvalue weighted by atomic mass is 10.4. The standard InChI is InChI=1S/C6H7Cl3O3PS/c7-6(8,9)5(13(10,11)12)4-2-1-3-14-4/h1-3,5,10-12H/q+1. The van der Waals surface area contributed by atoms with Crippen molar-refractivity contribution in [3.63, 3.8) is 0 Å². The molecule has 0 aliphatic carbocycles. The Morgan fingerprint density at radius 2 is 1.86 bits per heavy atom. The van der Waals surface area contributed by atoms with E-state index in [0.29, 0.717) is 4.88 Å². The van der Waals surface area contributed by atoms with E-state index in [4.69, 9.17) is 49.5 Å². The molecule has 0 saturated carbocycles. The second-order valence-electron chi connectivity index (χ2n) is 2.57. The quantitative estimate of drug-likeness (QED) is 0.581. The molecule has 1 atom stereocenters. The summed E-state index contributed by atoms with van der Waals surface area (Å²) in [7, 11) is -4.22. The van der Waals surface area contributed by atoms with Gasteiger partial charge in [-0.05, 0) is 11.4 Å². The smallest absolute Gasteiger partial charge is 0.192 e. The zero-order chi connectivity index (χ0) is 11.0. The zero-order valence-electron chi connectivity index (χ0n) is 6.64. The fourth-order valence-corrected chi connectivity index (χ4v) is 4.90. The van der Waals surface area contributed by atoms with Gasteiger partial charge in [0, 0.05) is 0 Å². The molecule has 0 amide bonds. The van der Waals surface area contributed by atoms with Gasteiger partial charge < -0.3 is 0 Å². The van der Waals surface area contributed by atoms with Gasteiger partial charge in [0.25, 0.3) is 0 Å². The molecule has 1 heterocycles. The van der Waals surface area contributed by atoms with E-state index in [9.17, 15) is 0 Å². The maximum atomic E-state index is 9.16. The normalized spacial score (nSPS) is 15.6. The Balaban J connectivity index is 3.08. The van der Waals surface area contributed by atoms with Gasteiger partial charge in [0.1, 0.15) is 0 Å². The number of hydrogen-bond donors (Lipinski definition) is 3. The van der Waals surface area contributed by atoms with Crippen LogP contribution in [0.15, 0.2) is 17.5 Å². The van der Waals surface area contributed by atoms with Crippen LogP contribution in [0.25, 0.3) is 0 Å². The predicted octanol–water partition coefficient (Wildman–Crippen LogP) is 2.90.